The molecule has 6 nitrogen and oxygen atoms in total. The fourth-order valence-electron chi connectivity index (χ4n) is 2.36. The number of nitrogens with one attached hydrogen (secondary N) is 1. The van der Waals surface area contributed by atoms with E-state index < -0.39 is 0 Å². The Labute approximate surface area is 166 Å². The zero-order valence-corrected chi connectivity index (χ0v) is 16.9. The second-order valence-electron chi connectivity index (χ2n) is 5.72. The first-order valence-corrected chi connectivity index (χ1v) is 10.0. The van der Waals surface area contributed by atoms with E-state index in [1.165, 1.54) is 23.1 Å². The molecule has 1 amide bonds. The van der Waals surface area contributed by atoms with E-state index >= 15 is 0 Å². The van der Waals surface area contributed by atoms with E-state index in [2.05, 4.69) is 15.5 Å². The van der Waals surface area contributed by atoms with E-state index in [0.29, 0.717) is 5.13 Å². The molecule has 0 unspecified atom stereocenters. The number of thioether (sulfide) groups is 1. The van der Waals surface area contributed by atoms with E-state index in [1.54, 1.807) is 19.1 Å². The topological polar surface area (TPSA) is 67.3 Å². The highest BCUT2D eigenvalue weighted by atomic mass is 32.2. The van der Waals surface area contributed by atoms with Crippen LogP contribution in [0.2, 0.25) is 0 Å². The predicted molar refractivity (Wildman–Crippen MR) is 111 cm³/mol. The molecular formula is C19H20N4O2S2. The minimum absolute atomic E-state index is 0.0195. The number of carbonyl (C=O) groups is 1. The molecule has 0 radical (unpaired) electrons. The van der Waals surface area contributed by atoms with Crippen LogP contribution in [-0.4, -0.2) is 35.5 Å². The molecule has 1 atom stereocenters. The van der Waals surface area contributed by atoms with Gasteiger partial charge in [0.05, 0.1) is 12.4 Å². The zero-order valence-electron chi connectivity index (χ0n) is 15.2. The molecule has 0 fully saturated rings. The van der Waals surface area contributed by atoms with E-state index in [9.17, 15) is 4.79 Å². The van der Waals surface area contributed by atoms with Crippen LogP contribution in [0.4, 0.5) is 16.5 Å². The molecule has 1 N–H and O–H groups in total. The number of para-hydroxylation sites is 1. The van der Waals surface area contributed by atoms with Gasteiger partial charge in [0.15, 0.2) is 4.34 Å². The van der Waals surface area contributed by atoms with Gasteiger partial charge >= 0.3 is 0 Å². The van der Waals surface area contributed by atoms with Crippen LogP contribution in [0.25, 0.3) is 0 Å². The fourth-order valence-corrected chi connectivity index (χ4v) is 4.37. The van der Waals surface area contributed by atoms with Gasteiger partial charge in [-0.25, -0.2) is 0 Å². The molecule has 140 valence electrons. The Bertz CT molecular complexity index is 884. The number of methoxy groups -OCH3 is 1. The van der Waals surface area contributed by atoms with Gasteiger partial charge in [-0.15, -0.1) is 10.2 Å². The molecule has 0 spiro atoms. The summed E-state index contributed by atoms with van der Waals surface area (Å²) in [5.74, 6) is 0.815. The molecule has 3 rings (SSSR count). The number of hydrogen-bond donors (Lipinski definition) is 1. The quantitative estimate of drug-likeness (QED) is 0.592. The minimum atomic E-state index is -0.267. The molecule has 0 aliphatic carbocycles. The Kier molecular flexibility index (Phi) is 6.31. The van der Waals surface area contributed by atoms with Crippen molar-refractivity contribution < 1.29 is 9.53 Å². The molecule has 3 aromatic rings. The number of rotatable bonds is 7. The number of carbonyl (C=O) groups excluding carboxylic acids is 1. The largest absolute Gasteiger partial charge is 0.497 e. The van der Waals surface area contributed by atoms with Crippen LogP contribution >= 0.6 is 23.1 Å². The number of amides is 1. The number of anilines is 3. The third kappa shape index (κ3) is 4.99. The molecule has 0 saturated heterocycles. The van der Waals surface area contributed by atoms with Crippen molar-refractivity contribution in [3.8, 4) is 5.75 Å². The summed E-state index contributed by atoms with van der Waals surface area (Å²) >= 11 is 2.82. The van der Waals surface area contributed by atoms with Crippen LogP contribution in [-0.2, 0) is 4.79 Å². The zero-order chi connectivity index (χ0) is 19.2. The summed E-state index contributed by atoms with van der Waals surface area (Å²) in [6.45, 7) is 1.88. The highest BCUT2D eigenvalue weighted by Gasteiger charge is 2.21. The molecule has 2 aromatic carbocycles. The molecule has 0 bridgehead atoms. The highest BCUT2D eigenvalue weighted by molar-refractivity contribution is 8.02. The van der Waals surface area contributed by atoms with Gasteiger partial charge in [-0.05, 0) is 43.3 Å². The summed E-state index contributed by atoms with van der Waals surface area (Å²) in [5.41, 5.74) is 1.77. The number of nitrogens with zero attached hydrogens (tertiary/aromatic N) is 3. The van der Waals surface area contributed by atoms with Crippen molar-refractivity contribution in [1.82, 2.24) is 10.2 Å². The maximum Gasteiger partial charge on any atom is 0.240 e. The molecule has 1 aromatic heterocycles. The summed E-state index contributed by atoms with van der Waals surface area (Å²) in [5, 5.41) is 11.9. The van der Waals surface area contributed by atoms with E-state index in [0.717, 1.165) is 21.5 Å². The monoisotopic (exact) mass is 400 g/mol. The molecule has 8 heteroatoms. The van der Waals surface area contributed by atoms with Crippen LogP contribution in [0.3, 0.4) is 0 Å². The fraction of sp³-hybridized carbons (Fsp3) is 0.211. The molecule has 1 heterocycles. The number of hydrogen-bond acceptors (Lipinski definition) is 7. The van der Waals surface area contributed by atoms with E-state index in [4.69, 9.17) is 4.74 Å². The smallest absolute Gasteiger partial charge is 0.240 e. The minimum Gasteiger partial charge on any atom is -0.497 e. The van der Waals surface area contributed by atoms with Crippen LogP contribution in [0.5, 0.6) is 5.75 Å². The third-order valence-electron chi connectivity index (χ3n) is 3.85. The number of benzene rings is 2. The van der Waals surface area contributed by atoms with Crippen molar-refractivity contribution >= 4 is 45.5 Å². The first-order chi connectivity index (χ1) is 13.1. The summed E-state index contributed by atoms with van der Waals surface area (Å²) < 4.78 is 5.89. The summed E-state index contributed by atoms with van der Waals surface area (Å²) in [4.78, 5) is 14.3. The summed E-state index contributed by atoms with van der Waals surface area (Å²) in [7, 11) is 3.42. The van der Waals surface area contributed by atoms with Gasteiger partial charge in [-0.1, -0.05) is 41.3 Å². The van der Waals surface area contributed by atoms with Crippen molar-refractivity contribution in [3.63, 3.8) is 0 Å². The lowest BCUT2D eigenvalue weighted by Crippen LogP contribution is -2.33. The lowest BCUT2D eigenvalue weighted by molar-refractivity contribution is -0.117. The van der Waals surface area contributed by atoms with Crippen LogP contribution in [0, 0.1) is 0 Å². The highest BCUT2D eigenvalue weighted by Crippen LogP contribution is 2.31. The van der Waals surface area contributed by atoms with Gasteiger partial charge in [0.25, 0.3) is 0 Å². The molecule has 0 aliphatic heterocycles. The Morgan fingerprint density at radius 1 is 1.15 bits per heavy atom. The van der Waals surface area contributed by atoms with Crippen LogP contribution in [0.15, 0.2) is 58.9 Å². The van der Waals surface area contributed by atoms with Crippen molar-refractivity contribution in [2.75, 3.05) is 24.4 Å². The lowest BCUT2D eigenvalue weighted by Gasteiger charge is -2.20. The third-order valence-corrected chi connectivity index (χ3v) is 5.86. The average molecular weight is 401 g/mol. The van der Waals surface area contributed by atoms with E-state index in [-0.39, 0.29) is 11.2 Å². The Hall–Kier alpha value is -2.58. The van der Waals surface area contributed by atoms with Gasteiger partial charge in [0.1, 0.15) is 5.75 Å². The van der Waals surface area contributed by atoms with Crippen molar-refractivity contribution in [3.05, 3.63) is 54.6 Å². The van der Waals surface area contributed by atoms with Gasteiger partial charge < -0.3 is 15.0 Å². The number of ether oxygens (including phenoxy) is 1. The van der Waals surface area contributed by atoms with Crippen LogP contribution < -0.4 is 15.0 Å². The molecule has 0 aliphatic rings. The first kappa shape index (κ1) is 19.2. The standard InChI is InChI=1S/C19H20N4O2S2/c1-13(17(24)23(2)15-7-5-4-6-8-15)26-19-22-21-18(27-19)20-14-9-11-16(25-3)12-10-14/h4-13H,1-3H3,(H,20,21)/t13-/m1/s1. The second kappa shape index (κ2) is 8.88. The number of aromatic nitrogens is 2. The molecular weight excluding hydrogens is 380 g/mol. The lowest BCUT2D eigenvalue weighted by atomic mass is 10.3. The second-order valence-corrected chi connectivity index (χ2v) is 8.28. The van der Waals surface area contributed by atoms with Gasteiger partial charge in [0, 0.05) is 18.4 Å². The van der Waals surface area contributed by atoms with E-state index in [1.807, 2.05) is 61.5 Å². The maximum absolute atomic E-state index is 12.6. The van der Waals surface area contributed by atoms with Crippen molar-refractivity contribution in [1.29, 1.82) is 0 Å². The van der Waals surface area contributed by atoms with Gasteiger partial charge in [-0.3, -0.25) is 4.79 Å². The Balaban J connectivity index is 1.60. The Morgan fingerprint density at radius 3 is 2.52 bits per heavy atom. The summed E-state index contributed by atoms with van der Waals surface area (Å²) in [6.07, 6.45) is 0. The Morgan fingerprint density at radius 2 is 1.85 bits per heavy atom. The predicted octanol–water partition coefficient (Wildman–Crippen LogP) is 4.43. The maximum atomic E-state index is 12.6. The van der Waals surface area contributed by atoms with Crippen molar-refractivity contribution in [2.45, 2.75) is 16.5 Å². The van der Waals surface area contributed by atoms with Crippen LogP contribution in [0.1, 0.15) is 6.92 Å². The normalized spacial score (nSPS) is 11.7. The van der Waals surface area contributed by atoms with Gasteiger partial charge in [-0.2, -0.15) is 0 Å². The SMILES string of the molecule is COc1ccc(Nc2nnc(S[C@H](C)C(=O)N(C)c3ccccc3)s2)cc1. The summed E-state index contributed by atoms with van der Waals surface area (Å²) in [6, 6.07) is 17.2. The first-order valence-electron chi connectivity index (χ1n) is 8.30. The average Bonchev–Trinajstić information content (AvgIpc) is 3.14. The van der Waals surface area contributed by atoms with Crippen molar-refractivity contribution in [2.24, 2.45) is 0 Å². The molecule has 0 saturated carbocycles. The molecule has 27 heavy (non-hydrogen) atoms. The van der Waals surface area contributed by atoms with Gasteiger partial charge in [0.2, 0.25) is 11.0 Å².